The van der Waals surface area contributed by atoms with Crippen molar-refractivity contribution in [2.75, 3.05) is 19.8 Å². The number of fused-ring (bicyclic) bond motifs is 1. The van der Waals surface area contributed by atoms with Crippen LogP contribution in [-0.2, 0) is 14.2 Å². The average molecular weight is 551 g/mol. The molecule has 2 fully saturated rings. The number of phenols is 1. The Balaban J connectivity index is 1.31. The molecule has 0 spiro atoms. The van der Waals surface area contributed by atoms with Crippen LogP contribution in [0.1, 0.15) is 28.4 Å². The lowest BCUT2D eigenvalue weighted by Gasteiger charge is -2.42. The topological polar surface area (TPSA) is 205 Å². The monoisotopic (exact) mass is 550 g/mol. The smallest absolute Gasteiger partial charge is 0.229 e. The van der Waals surface area contributed by atoms with Crippen molar-refractivity contribution >= 4 is 5.78 Å². The predicted molar refractivity (Wildman–Crippen MR) is 128 cm³/mol. The number of ether oxygens (including phenoxy) is 5. The number of phenolic OH excluding ortho intramolecular Hbond substituents is 1. The lowest BCUT2D eigenvalue weighted by Crippen LogP contribution is -2.62. The summed E-state index contributed by atoms with van der Waals surface area (Å²) in [4.78, 5) is 12.5. The first-order valence-corrected chi connectivity index (χ1v) is 12.3. The molecule has 9 atom stereocenters. The first-order chi connectivity index (χ1) is 18.6. The fraction of sp³-hybridized carbons (Fsp3) is 0.500. The third-order valence-corrected chi connectivity index (χ3v) is 7.11. The van der Waals surface area contributed by atoms with Crippen LogP contribution in [0.5, 0.6) is 17.2 Å². The van der Waals surface area contributed by atoms with Gasteiger partial charge in [0.25, 0.3) is 0 Å². The molecule has 39 heavy (non-hydrogen) atoms. The fourth-order valence-electron chi connectivity index (χ4n) is 4.75. The van der Waals surface area contributed by atoms with Gasteiger partial charge in [-0.3, -0.25) is 4.79 Å². The number of rotatable bonds is 7. The highest BCUT2D eigenvalue weighted by Crippen LogP contribution is 2.38. The summed E-state index contributed by atoms with van der Waals surface area (Å²) in [5, 5.41) is 70.3. The van der Waals surface area contributed by atoms with Crippen molar-refractivity contribution < 1.29 is 64.2 Å². The van der Waals surface area contributed by atoms with Gasteiger partial charge >= 0.3 is 0 Å². The molecule has 2 aromatic rings. The molecule has 0 radical (unpaired) electrons. The maximum atomic E-state index is 12.5. The van der Waals surface area contributed by atoms with Crippen molar-refractivity contribution in [3.63, 3.8) is 0 Å². The Labute approximate surface area is 222 Å². The quantitative estimate of drug-likeness (QED) is 0.215. The Bertz CT molecular complexity index is 1170. The normalized spacial score (nSPS) is 36.3. The molecule has 0 amide bonds. The summed E-state index contributed by atoms with van der Waals surface area (Å²) in [6.07, 6.45) is -10.9. The van der Waals surface area contributed by atoms with Gasteiger partial charge in [0.2, 0.25) is 6.29 Å². The van der Waals surface area contributed by atoms with Crippen molar-refractivity contribution in [2.45, 2.75) is 61.2 Å². The maximum absolute atomic E-state index is 12.5. The second-order valence-electron chi connectivity index (χ2n) is 9.79. The van der Waals surface area contributed by atoms with Crippen molar-refractivity contribution in [3.8, 4) is 17.2 Å². The Kier molecular flexibility index (Phi) is 7.79. The van der Waals surface area contributed by atoms with Crippen LogP contribution in [0.2, 0.25) is 0 Å². The minimum Gasteiger partial charge on any atom is -0.508 e. The number of Topliss-reactive ketones (excluding diaryl/α,β-unsaturated/α-hetero) is 1. The number of carbonyl (C=O) groups excluding carboxylic acids is 1. The van der Waals surface area contributed by atoms with Gasteiger partial charge in [0.1, 0.15) is 53.4 Å². The van der Waals surface area contributed by atoms with E-state index >= 15 is 0 Å². The highest BCUT2D eigenvalue weighted by atomic mass is 16.8. The minimum atomic E-state index is -1.98. The molecule has 7 N–H and O–H groups in total. The van der Waals surface area contributed by atoms with Crippen LogP contribution in [0.4, 0.5) is 0 Å². The molecule has 5 rings (SSSR count). The predicted octanol–water partition coefficient (Wildman–Crippen LogP) is -1.26. The second kappa shape index (κ2) is 11.0. The number of hydrogen-bond acceptors (Lipinski definition) is 13. The second-order valence-corrected chi connectivity index (χ2v) is 9.79. The minimum absolute atomic E-state index is 0.0275. The van der Waals surface area contributed by atoms with E-state index < -0.39 is 74.6 Å². The molecular weight excluding hydrogens is 520 g/mol. The molecule has 0 unspecified atom stereocenters. The van der Waals surface area contributed by atoms with Crippen LogP contribution in [0.25, 0.3) is 0 Å². The largest absolute Gasteiger partial charge is 0.508 e. The van der Waals surface area contributed by atoms with E-state index in [-0.39, 0.29) is 29.5 Å². The zero-order chi connectivity index (χ0) is 27.9. The molecule has 13 nitrogen and oxygen atoms in total. The first-order valence-electron chi connectivity index (χ1n) is 12.3. The van der Waals surface area contributed by atoms with Crippen LogP contribution in [-0.4, -0.2) is 110 Å². The SMILES string of the molecule is O=C1C[C@H](c2ccc(O[C@H]3O[C@@H](CO)[C@@H](O)[C@@H](O)[C@H]3O[C@@H]3OC[C@@](O)(CO)[C@H]3O)cc2)Oc2cc(O)ccc21. The van der Waals surface area contributed by atoms with Crippen molar-refractivity contribution in [1.82, 2.24) is 0 Å². The van der Waals surface area contributed by atoms with Gasteiger partial charge in [-0.1, -0.05) is 12.1 Å². The molecule has 3 aliphatic heterocycles. The number of aromatic hydroxyl groups is 1. The summed E-state index contributed by atoms with van der Waals surface area (Å²) < 4.78 is 28.3. The average Bonchev–Trinajstić information content (AvgIpc) is 3.21. The molecule has 0 saturated carbocycles. The third-order valence-electron chi connectivity index (χ3n) is 7.11. The third kappa shape index (κ3) is 5.33. The van der Waals surface area contributed by atoms with Crippen molar-refractivity contribution in [3.05, 3.63) is 53.6 Å². The fourth-order valence-corrected chi connectivity index (χ4v) is 4.75. The summed E-state index contributed by atoms with van der Waals surface area (Å²) in [5.74, 6) is 0.348. The molecule has 0 aromatic heterocycles. The summed E-state index contributed by atoms with van der Waals surface area (Å²) in [7, 11) is 0. The van der Waals surface area contributed by atoms with E-state index in [4.69, 9.17) is 23.7 Å². The van der Waals surface area contributed by atoms with E-state index in [0.29, 0.717) is 11.1 Å². The summed E-state index contributed by atoms with van der Waals surface area (Å²) in [6, 6.07) is 10.7. The zero-order valence-corrected chi connectivity index (χ0v) is 20.6. The van der Waals surface area contributed by atoms with Gasteiger partial charge in [-0.25, -0.2) is 0 Å². The van der Waals surface area contributed by atoms with Gasteiger partial charge < -0.3 is 59.4 Å². The van der Waals surface area contributed by atoms with E-state index in [9.17, 15) is 40.5 Å². The summed E-state index contributed by atoms with van der Waals surface area (Å²) >= 11 is 0. The number of aliphatic hydroxyl groups is 6. The molecule has 13 heteroatoms. The van der Waals surface area contributed by atoms with E-state index in [2.05, 4.69) is 0 Å². The van der Waals surface area contributed by atoms with Gasteiger partial charge in [-0.15, -0.1) is 0 Å². The van der Waals surface area contributed by atoms with Crippen molar-refractivity contribution in [1.29, 1.82) is 0 Å². The summed E-state index contributed by atoms with van der Waals surface area (Å²) in [5.41, 5.74) is -0.945. The number of hydrogen-bond donors (Lipinski definition) is 7. The van der Waals surface area contributed by atoms with Crippen LogP contribution in [0.3, 0.4) is 0 Å². The van der Waals surface area contributed by atoms with Gasteiger partial charge in [-0.05, 0) is 29.8 Å². The number of carbonyl (C=O) groups is 1. The zero-order valence-electron chi connectivity index (χ0n) is 20.6. The Morgan fingerprint density at radius 2 is 1.74 bits per heavy atom. The van der Waals surface area contributed by atoms with Gasteiger partial charge in [0.05, 0.1) is 31.8 Å². The van der Waals surface area contributed by atoms with Crippen LogP contribution < -0.4 is 9.47 Å². The van der Waals surface area contributed by atoms with E-state index in [0.717, 1.165) is 0 Å². The Morgan fingerprint density at radius 1 is 1.00 bits per heavy atom. The van der Waals surface area contributed by atoms with Crippen LogP contribution >= 0.6 is 0 Å². The van der Waals surface area contributed by atoms with Gasteiger partial charge in [-0.2, -0.15) is 0 Å². The standard InChI is InChI=1S/C26H30O13/c27-9-19-20(31)21(32)22(39-25-23(33)26(34,10-28)11-35-25)24(38-19)36-14-4-1-12(2-5-14)17-8-16(30)15-6-3-13(29)7-18(15)37-17/h1-7,17,19-25,27-29,31-34H,8-11H2/t17-,19+,20-,21-,22-,23+,24+,25+,26+/m1/s1. The van der Waals surface area contributed by atoms with E-state index in [1.54, 1.807) is 24.3 Å². The molecule has 0 bridgehead atoms. The van der Waals surface area contributed by atoms with Gasteiger partial charge in [0, 0.05) is 6.07 Å². The Morgan fingerprint density at radius 3 is 2.41 bits per heavy atom. The molecule has 0 aliphatic carbocycles. The number of aliphatic hydroxyl groups excluding tert-OH is 5. The van der Waals surface area contributed by atoms with E-state index in [1.165, 1.54) is 18.2 Å². The lowest BCUT2D eigenvalue weighted by molar-refractivity contribution is -0.318. The molecular formula is C26H30O13. The van der Waals surface area contributed by atoms with Crippen LogP contribution in [0, 0.1) is 0 Å². The highest BCUT2D eigenvalue weighted by molar-refractivity contribution is 6.00. The number of benzene rings is 2. The van der Waals surface area contributed by atoms with Crippen molar-refractivity contribution in [2.24, 2.45) is 0 Å². The van der Waals surface area contributed by atoms with Gasteiger partial charge in [0.15, 0.2) is 18.2 Å². The molecule has 3 heterocycles. The molecule has 3 aliphatic rings. The van der Waals surface area contributed by atoms with Crippen LogP contribution in [0.15, 0.2) is 42.5 Å². The number of ketones is 1. The summed E-state index contributed by atoms with van der Waals surface area (Å²) in [6.45, 7) is -1.88. The first kappa shape index (κ1) is 27.7. The molecule has 2 saturated heterocycles. The lowest BCUT2D eigenvalue weighted by atomic mass is 9.96. The van der Waals surface area contributed by atoms with E-state index in [1.807, 2.05) is 0 Å². The maximum Gasteiger partial charge on any atom is 0.229 e. The molecule has 212 valence electrons. The highest BCUT2D eigenvalue weighted by Gasteiger charge is 2.53. The molecule has 2 aromatic carbocycles. The Hall–Kier alpha value is -2.85.